The molecule has 0 aliphatic carbocycles. The summed E-state index contributed by atoms with van der Waals surface area (Å²) >= 11 is 0. The largest absolute Gasteiger partial charge is 0.325 e. The lowest BCUT2D eigenvalue weighted by Gasteiger charge is -2.45. The van der Waals surface area contributed by atoms with Gasteiger partial charge < -0.3 is 10.2 Å². The van der Waals surface area contributed by atoms with Crippen LogP contribution in [0.1, 0.15) is 20.3 Å². The highest BCUT2D eigenvalue weighted by Gasteiger charge is 2.50. The Morgan fingerprint density at radius 2 is 2.04 bits per heavy atom. The maximum absolute atomic E-state index is 13.1. The van der Waals surface area contributed by atoms with Crippen molar-refractivity contribution in [2.45, 2.75) is 32.2 Å². The summed E-state index contributed by atoms with van der Waals surface area (Å²) in [6.45, 7) is 2.61. The van der Waals surface area contributed by atoms with Gasteiger partial charge in [0.25, 0.3) is 5.92 Å². The molecule has 0 aromatic heterocycles. The van der Waals surface area contributed by atoms with Crippen molar-refractivity contribution in [2.75, 3.05) is 23.3 Å². The number of para-hydroxylation sites is 2. The van der Waals surface area contributed by atoms with Crippen molar-refractivity contribution >= 4 is 23.3 Å². The first-order valence-corrected chi connectivity index (χ1v) is 7.70. The van der Waals surface area contributed by atoms with Gasteiger partial charge in [-0.25, -0.2) is 13.6 Å². The molecule has 1 N–H and O–H groups in total. The first-order valence-electron chi connectivity index (χ1n) is 7.70. The maximum Gasteiger partial charge on any atom is 0.325 e. The van der Waals surface area contributed by atoms with E-state index < -0.39 is 31.1 Å². The molecule has 3 amide bonds. The van der Waals surface area contributed by atoms with Gasteiger partial charge in [-0.3, -0.25) is 9.69 Å². The third kappa shape index (κ3) is 2.64. The van der Waals surface area contributed by atoms with E-state index in [0.29, 0.717) is 17.8 Å². The Bertz CT molecular complexity index is 642. The van der Waals surface area contributed by atoms with E-state index in [-0.39, 0.29) is 11.8 Å². The molecule has 1 aromatic rings. The fourth-order valence-electron chi connectivity index (χ4n) is 3.02. The smallest absolute Gasteiger partial charge is 0.322 e. The molecule has 124 valence electrons. The van der Waals surface area contributed by atoms with Crippen molar-refractivity contribution in [1.29, 1.82) is 0 Å². The minimum atomic E-state index is -2.83. The molecular formula is C16H19F2N3O2. The second-order valence-electron chi connectivity index (χ2n) is 6.20. The molecule has 0 radical (unpaired) electrons. The summed E-state index contributed by atoms with van der Waals surface area (Å²) in [5, 5.41) is 2.80. The summed E-state index contributed by atoms with van der Waals surface area (Å²) in [5.74, 6) is -3.20. The number of benzene rings is 1. The molecule has 2 aliphatic heterocycles. The number of anilines is 2. The van der Waals surface area contributed by atoms with E-state index in [1.807, 2.05) is 13.8 Å². The molecule has 3 rings (SSSR count). The van der Waals surface area contributed by atoms with Gasteiger partial charge in [-0.2, -0.15) is 0 Å². The van der Waals surface area contributed by atoms with E-state index in [4.69, 9.17) is 0 Å². The Hall–Kier alpha value is -2.18. The minimum Gasteiger partial charge on any atom is -0.322 e. The summed E-state index contributed by atoms with van der Waals surface area (Å²) in [7, 11) is 0. The molecule has 0 spiro atoms. The Morgan fingerprint density at radius 1 is 1.39 bits per heavy atom. The van der Waals surface area contributed by atoms with E-state index in [1.54, 1.807) is 24.3 Å². The number of urea groups is 1. The maximum atomic E-state index is 13.1. The zero-order chi connectivity index (χ0) is 16.8. The van der Waals surface area contributed by atoms with Crippen LogP contribution in [0.15, 0.2) is 24.3 Å². The lowest BCUT2D eigenvalue weighted by Crippen LogP contribution is -2.65. The normalized spacial score (nSPS) is 23.7. The van der Waals surface area contributed by atoms with E-state index >= 15 is 0 Å². The highest BCUT2D eigenvalue weighted by molar-refractivity contribution is 6.11. The molecule has 1 saturated heterocycles. The molecule has 5 nitrogen and oxygen atoms in total. The second-order valence-corrected chi connectivity index (χ2v) is 6.20. The monoisotopic (exact) mass is 323 g/mol. The van der Waals surface area contributed by atoms with Crippen molar-refractivity contribution in [3.63, 3.8) is 0 Å². The Kier molecular flexibility index (Phi) is 3.74. The molecule has 0 bridgehead atoms. The summed E-state index contributed by atoms with van der Waals surface area (Å²) in [6, 6.07) is 5.70. The van der Waals surface area contributed by atoms with Gasteiger partial charge >= 0.3 is 6.03 Å². The number of fused-ring (bicyclic) bond motifs is 1. The van der Waals surface area contributed by atoms with Crippen molar-refractivity contribution in [3.05, 3.63) is 24.3 Å². The van der Waals surface area contributed by atoms with E-state index in [1.165, 1.54) is 4.90 Å². The van der Waals surface area contributed by atoms with Crippen LogP contribution in [0.5, 0.6) is 0 Å². The quantitative estimate of drug-likeness (QED) is 0.910. The molecule has 2 atom stereocenters. The molecule has 1 fully saturated rings. The zero-order valence-corrected chi connectivity index (χ0v) is 13.1. The Balaban J connectivity index is 1.98. The van der Waals surface area contributed by atoms with Crippen LogP contribution in [0.3, 0.4) is 0 Å². The van der Waals surface area contributed by atoms with Crippen molar-refractivity contribution in [3.8, 4) is 0 Å². The van der Waals surface area contributed by atoms with Gasteiger partial charge in [0.1, 0.15) is 6.04 Å². The lowest BCUT2D eigenvalue weighted by atomic mass is 9.94. The first-order chi connectivity index (χ1) is 10.8. The first kappa shape index (κ1) is 15.7. The van der Waals surface area contributed by atoms with Gasteiger partial charge in [-0.15, -0.1) is 0 Å². The molecule has 23 heavy (non-hydrogen) atoms. The number of carbonyl (C=O) groups is 2. The number of rotatable bonds is 2. The number of alkyl halides is 2. The molecule has 2 aliphatic rings. The molecular weight excluding hydrogens is 304 g/mol. The average Bonchev–Trinajstić information content (AvgIpc) is 2.49. The highest BCUT2D eigenvalue weighted by atomic mass is 19.3. The summed E-state index contributed by atoms with van der Waals surface area (Å²) < 4.78 is 26.2. The lowest BCUT2D eigenvalue weighted by molar-refractivity contribution is -0.119. The van der Waals surface area contributed by atoms with E-state index in [2.05, 4.69) is 5.32 Å². The Morgan fingerprint density at radius 3 is 2.65 bits per heavy atom. The number of likely N-dealkylation sites (tertiary alicyclic amines) is 1. The summed E-state index contributed by atoms with van der Waals surface area (Å²) in [6.07, 6.45) is 0.695. The molecule has 0 saturated carbocycles. The fraction of sp³-hybridized carbons (Fsp3) is 0.500. The predicted molar refractivity (Wildman–Crippen MR) is 82.7 cm³/mol. The van der Waals surface area contributed by atoms with Crippen LogP contribution in [0.4, 0.5) is 25.0 Å². The van der Waals surface area contributed by atoms with Gasteiger partial charge in [0.15, 0.2) is 0 Å². The van der Waals surface area contributed by atoms with Gasteiger partial charge in [0.05, 0.1) is 24.5 Å². The predicted octanol–water partition coefficient (Wildman–Crippen LogP) is 2.93. The standard InChI is InChI=1S/C16H19F2N3O2/c1-3-10(2)13-14(22)19-11-6-4-5-7-12(11)21(13)15(23)20-8-16(17,18)9-20/h4-7,10,13H,3,8-9H2,1-2H3,(H,19,22). The molecule has 1 aromatic carbocycles. The topological polar surface area (TPSA) is 52.7 Å². The van der Waals surface area contributed by atoms with Gasteiger partial charge in [-0.05, 0) is 18.1 Å². The highest BCUT2D eigenvalue weighted by Crippen LogP contribution is 2.37. The van der Waals surface area contributed by atoms with Crippen LogP contribution < -0.4 is 10.2 Å². The van der Waals surface area contributed by atoms with E-state index in [0.717, 1.165) is 4.90 Å². The molecule has 2 heterocycles. The third-order valence-corrected chi connectivity index (χ3v) is 4.47. The number of nitrogens with one attached hydrogen (secondary N) is 1. The number of halogens is 2. The number of amides is 3. The van der Waals surface area contributed by atoms with Crippen LogP contribution >= 0.6 is 0 Å². The van der Waals surface area contributed by atoms with Crippen LogP contribution in [0, 0.1) is 5.92 Å². The third-order valence-electron chi connectivity index (χ3n) is 4.47. The summed E-state index contributed by atoms with van der Waals surface area (Å²) in [4.78, 5) is 27.7. The number of nitrogens with zero attached hydrogens (tertiary/aromatic N) is 2. The molecule has 7 heteroatoms. The van der Waals surface area contributed by atoms with Crippen LogP contribution in [-0.4, -0.2) is 41.9 Å². The van der Waals surface area contributed by atoms with Crippen molar-refractivity contribution < 1.29 is 18.4 Å². The number of carbonyl (C=O) groups excluding carboxylic acids is 2. The minimum absolute atomic E-state index is 0.0888. The second kappa shape index (κ2) is 5.47. The van der Waals surface area contributed by atoms with E-state index in [9.17, 15) is 18.4 Å². The SMILES string of the molecule is CCC(C)C1C(=O)Nc2ccccc2N1C(=O)N1CC(F)(F)C1. The number of hydrogen-bond acceptors (Lipinski definition) is 2. The fourth-order valence-corrected chi connectivity index (χ4v) is 3.02. The molecule has 2 unspecified atom stereocenters. The summed E-state index contributed by atoms with van der Waals surface area (Å²) in [5.41, 5.74) is 1.08. The van der Waals surface area contributed by atoms with Crippen molar-refractivity contribution in [1.82, 2.24) is 4.90 Å². The van der Waals surface area contributed by atoms with Gasteiger partial charge in [0, 0.05) is 0 Å². The Labute approximate surface area is 133 Å². The van der Waals surface area contributed by atoms with Crippen LogP contribution in [-0.2, 0) is 4.79 Å². The average molecular weight is 323 g/mol. The van der Waals surface area contributed by atoms with Crippen LogP contribution in [0.2, 0.25) is 0 Å². The van der Waals surface area contributed by atoms with Crippen molar-refractivity contribution in [2.24, 2.45) is 5.92 Å². The number of hydrogen-bond donors (Lipinski definition) is 1. The zero-order valence-electron chi connectivity index (χ0n) is 13.1. The van der Waals surface area contributed by atoms with Gasteiger partial charge in [0.2, 0.25) is 5.91 Å². The van der Waals surface area contributed by atoms with Crippen LogP contribution in [0.25, 0.3) is 0 Å². The van der Waals surface area contributed by atoms with Gasteiger partial charge in [-0.1, -0.05) is 32.4 Å².